The number of hydrogen-bond donors (Lipinski definition) is 2. The maximum Gasteiger partial charge on any atom is 0.410 e. The molecule has 1 saturated heterocycles. The number of hydrogen-bond acceptors (Lipinski definition) is 5. The molecule has 1 fully saturated rings. The Balaban J connectivity index is 1.46. The lowest BCUT2D eigenvalue weighted by molar-refractivity contribution is -0.127. The minimum atomic E-state index is -0.562. The average molecular weight is 448 g/mol. The van der Waals surface area contributed by atoms with E-state index in [1.54, 1.807) is 29.2 Å². The molecule has 1 aromatic carbocycles. The fourth-order valence-electron chi connectivity index (χ4n) is 3.16. The predicted molar refractivity (Wildman–Crippen MR) is 116 cm³/mol. The molecule has 31 heavy (non-hydrogen) atoms. The van der Waals surface area contributed by atoms with Crippen molar-refractivity contribution in [1.29, 1.82) is 0 Å². The van der Waals surface area contributed by atoms with Gasteiger partial charge in [0.1, 0.15) is 11.4 Å². The van der Waals surface area contributed by atoms with Gasteiger partial charge in [-0.15, -0.1) is 11.3 Å². The highest BCUT2D eigenvalue weighted by Crippen LogP contribution is 2.28. The summed E-state index contributed by atoms with van der Waals surface area (Å²) in [5.41, 5.74) is 5.16. The monoisotopic (exact) mass is 447 g/mol. The van der Waals surface area contributed by atoms with Crippen LogP contribution in [0.4, 0.5) is 9.18 Å². The van der Waals surface area contributed by atoms with Crippen molar-refractivity contribution in [2.24, 2.45) is 5.92 Å². The number of piperidine rings is 1. The standard InChI is InChI=1S/C22H26FN3O4S/c1-22(2,3)30-21(29)26-12-10-15(11-13-26)19(27)24-25-20(28)18-9-8-17(31-18)14-4-6-16(23)7-5-14/h4-9,15H,10-13H2,1-3H3,(H,24,27)(H,25,28). The molecule has 3 amide bonds. The Labute approximate surface area is 184 Å². The maximum absolute atomic E-state index is 13.1. The molecule has 0 unspecified atom stereocenters. The fourth-order valence-corrected chi connectivity index (χ4v) is 4.07. The van der Waals surface area contributed by atoms with Crippen molar-refractivity contribution < 1.29 is 23.5 Å². The van der Waals surface area contributed by atoms with Gasteiger partial charge in [0.15, 0.2) is 0 Å². The third kappa shape index (κ3) is 6.27. The van der Waals surface area contributed by atoms with Crippen LogP contribution in [0.2, 0.25) is 0 Å². The Kier molecular flexibility index (Phi) is 6.94. The zero-order valence-corrected chi connectivity index (χ0v) is 18.6. The van der Waals surface area contributed by atoms with Crippen LogP contribution < -0.4 is 10.9 Å². The highest BCUT2D eigenvalue weighted by molar-refractivity contribution is 7.17. The molecule has 166 valence electrons. The van der Waals surface area contributed by atoms with Gasteiger partial charge in [-0.3, -0.25) is 20.4 Å². The average Bonchev–Trinajstić information content (AvgIpc) is 3.21. The van der Waals surface area contributed by atoms with E-state index in [9.17, 15) is 18.8 Å². The van der Waals surface area contributed by atoms with E-state index in [-0.39, 0.29) is 23.7 Å². The number of halogens is 1. The Morgan fingerprint density at radius 2 is 1.68 bits per heavy atom. The maximum atomic E-state index is 13.1. The van der Waals surface area contributed by atoms with Gasteiger partial charge in [-0.1, -0.05) is 12.1 Å². The quantitative estimate of drug-likeness (QED) is 0.697. The Bertz CT molecular complexity index is 944. The van der Waals surface area contributed by atoms with Crippen molar-refractivity contribution in [1.82, 2.24) is 15.8 Å². The summed E-state index contributed by atoms with van der Waals surface area (Å²) in [6.45, 7) is 6.28. The van der Waals surface area contributed by atoms with Crippen LogP contribution in [-0.2, 0) is 9.53 Å². The first-order valence-electron chi connectivity index (χ1n) is 10.1. The van der Waals surface area contributed by atoms with Gasteiger partial charge >= 0.3 is 6.09 Å². The summed E-state index contributed by atoms with van der Waals surface area (Å²) < 4.78 is 18.4. The molecule has 0 aliphatic carbocycles. The molecule has 0 radical (unpaired) electrons. The van der Waals surface area contributed by atoms with Crippen LogP contribution in [0.25, 0.3) is 10.4 Å². The lowest BCUT2D eigenvalue weighted by atomic mass is 9.96. The first-order chi connectivity index (χ1) is 14.6. The normalized spacial score (nSPS) is 14.8. The van der Waals surface area contributed by atoms with Gasteiger partial charge in [-0.05, 0) is 63.4 Å². The molecule has 0 atom stereocenters. The first-order valence-corrected chi connectivity index (χ1v) is 10.9. The number of nitrogens with one attached hydrogen (secondary N) is 2. The molecule has 2 N–H and O–H groups in total. The van der Waals surface area contributed by atoms with E-state index in [1.807, 2.05) is 20.8 Å². The molecular weight excluding hydrogens is 421 g/mol. The Morgan fingerprint density at radius 1 is 1.03 bits per heavy atom. The van der Waals surface area contributed by atoms with E-state index in [4.69, 9.17) is 4.74 Å². The molecule has 0 bridgehead atoms. The molecular formula is C22H26FN3O4S. The summed E-state index contributed by atoms with van der Waals surface area (Å²) >= 11 is 1.25. The number of rotatable bonds is 3. The van der Waals surface area contributed by atoms with Crippen LogP contribution in [0, 0.1) is 11.7 Å². The van der Waals surface area contributed by atoms with Crippen molar-refractivity contribution in [3.05, 3.63) is 47.1 Å². The summed E-state index contributed by atoms with van der Waals surface area (Å²) in [5, 5.41) is 0. The zero-order valence-electron chi connectivity index (χ0n) is 17.7. The van der Waals surface area contributed by atoms with Crippen LogP contribution in [0.15, 0.2) is 36.4 Å². The van der Waals surface area contributed by atoms with Crippen molar-refractivity contribution >= 4 is 29.2 Å². The summed E-state index contributed by atoms with van der Waals surface area (Å²) in [4.78, 5) is 39.7. The highest BCUT2D eigenvalue weighted by Gasteiger charge is 2.30. The molecule has 3 rings (SSSR count). The molecule has 2 aromatic rings. The second-order valence-corrected chi connectivity index (χ2v) is 9.44. The number of ether oxygens (including phenoxy) is 1. The molecule has 9 heteroatoms. The zero-order chi connectivity index (χ0) is 22.6. The van der Waals surface area contributed by atoms with Crippen LogP contribution in [-0.4, -0.2) is 41.5 Å². The number of carbonyl (C=O) groups excluding carboxylic acids is 3. The van der Waals surface area contributed by atoms with Crippen LogP contribution in [0.5, 0.6) is 0 Å². The van der Waals surface area contributed by atoms with Gasteiger partial charge in [0, 0.05) is 23.9 Å². The van der Waals surface area contributed by atoms with Crippen molar-refractivity contribution in [2.45, 2.75) is 39.2 Å². The molecule has 0 saturated carbocycles. The first kappa shape index (κ1) is 22.7. The third-order valence-electron chi connectivity index (χ3n) is 4.78. The van der Waals surface area contributed by atoms with Crippen LogP contribution in [0.3, 0.4) is 0 Å². The summed E-state index contributed by atoms with van der Waals surface area (Å²) in [7, 11) is 0. The van der Waals surface area contributed by atoms with E-state index in [0.717, 1.165) is 10.4 Å². The minimum Gasteiger partial charge on any atom is -0.444 e. The second-order valence-electron chi connectivity index (χ2n) is 8.36. The molecule has 2 heterocycles. The largest absolute Gasteiger partial charge is 0.444 e. The van der Waals surface area contributed by atoms with Crippen LogP contribution in [0.1, 0.15) is 43.3 Å². The van der Waals surface area contributed by atoms with Gasteiger partial charge in [-0.2, -0.15) is 0 Å². The van der Waals surface area contributed by atoms with E-state index in [0.29, 0.717) is 30.8 Å². The van der Waals surface area contributed by atoms with Gasteiger partial charge in [0.25, 0.3) is 5.91 Å². The second kappa shape index (κ2) is 9.47. The molecule has 1 aliphatic heterocycles. The number of benzene rings is 1. The number of nitrogens with zero attached hydrogens (tertiary/aromatic N) is 1. The highest BCUT2D eigenvalue weighted by atomic mass is 32.1. The number of thiophene rings is 1. The molecule has 1 aliphatic rings. The fraction of sp³-hybridized carbons (Fsp3) is 0.409. The van der Waals surface area contributed by atoms with Gasteiger partial charge in [0.2, 0.25) is 5.91 Å². The topological polar surface area (TPSA) is 87.7 Å². The summed E-state index contributed by atoms with van der Waals surface area (Å²) in [6.07, 6.45) is 0.609. The number of hydrazine groups is 1. The molecule has 7 nitrogen and oxygen atoms in total. The number of likely N-dealkylation sites (tertiary alicyclic amines) is 1. The number of carbonyl (C=O) groups is 3. The van der Waals surface area contributed by atoms with E-state index < -0.39 is 11.5 Å². The van der Waals surface area contributed by atoms with E-state index in [2.05, 4.69) is 10.9 Å². The lowest BCUT2D eigenvalue weighted by Crippen LogP contribution is -2.48. The summed E-state index contributed by atoms with van der Waals surface area (Å²) in [6, 6.07) is 9.46. The smallest absolute Gasteiger partial charge is 0.410 e. The SMILES string of the molecule is CC(C)(C)OC(=O)N1CCC(C(=O)NNC(=O)c2ccc(-c3ccc(F)cc3)s2)CC1. The van der Waals surface area contributed by atoms with Gasteiger partial charge < -0.3 is 9.64 Å². The van der Waals surface area contributed by atoms with Gasteiger partial charge in [-0.25, -0.2) is 9.18 Å². The third-order valence-corrected chi connectivity index (χ3v) is 5.91. The van der Waals surface area contributed by atoms with Crippen molar-refractivity contribution in [3.8, 4) is 10.4 Å². The molecule has 0 spiro atoms. The van der Waals surface area contributed by atoms with E-state index >= 15 is 0 Å². The Morgan fingerprint density at radius 3 is 2.29 bits per heavy atom. The lowest BCUT2D eigenvalue weighted by Gasteiger charge is -2.32. The van der Waals surface area contributed by atoms with Gasteiger partial charge in [0.05, 0.1) is 4.88 Å². The van der Waals surface area contributed by atoms with Crippen molar-refractivity contribution in [3.63, 3.8) is 0 Å². The predicted octanol–water partition coefficient (Wildman–Crippen LogP) is 3.96. The number of amides is 3. The molecule has 1 aromatic heterocycles. The minimum absolute atomic E-state index is 0.285. The summed E-state index contributed by atoms with van der Waals surface area (Å²) in [5.74, 6) is -1.32. The van der Waals surface area contributed by atoms with Crippen LogP contribution >= 0.6 is 11.3 Å². The van der Waals surface area contributed by atoms with Crippen molar-refractivity contribution in [2.75, 3.05) is 13.1 Å². The van der Waals surface area contributed by atoms with E-state index in [1.165, 1.54) is 23.5 Å². The Hall–Kier alpha value is -2.94.